The molecule has 1 aromatic carbocycles. The van der Waals surface area contributed by atoms with Crippen molar-refractivity contribution in [3.8, 4) is 0 Å². The Bertz CT molecular complexity index is 475. The van der Waals surface area contributed by atoms with E-state index in [1.165, 1.54) is 11.3 Å². The molecule has 1 fully saturated rings. The van der Waals surface area contributed by atoms with Crippen molar-refractivity contribution in [2.75, 3.05) is 45.2 Å². The summed E-state index contributed by atoms with van der Waals surface area (Å²) in [7, 11) is 3.56. The van der Waals surface area contributed by atoms with Crippen molar-refractivity contribution >= 4 is 11.6 Å². The third kappa shape index (κ3) is 7.04. The van der Waals surface area contributed by atoms with Crippen molar-refractivity contribution in [1.29, 1.82) is 0 Å². The lowest BCUT2D eigenvalue weighted by Gasteiger charge is -2.31. The topological polar surface area (TPSA) is 35.6 Å². The van der Waals surface area contributed by atoms with Crippen LogP contribution in [0.4, 0.5) is 5.69 Å². The van der Waals surface area contributed by atoms with Crippen molar-refractivity contribution in [2.45, 2.75) is 35.1 Å². The van der Waals surface area contributed by atoms with Crippen molar-refractivity contribution < 1.29 is 4.79 Å². The highest BCUT2D eigenvalue weighted by Gasteiger charge is 2.14. The SMILES string of the molecule is C.CC(C)C.Cc1cc(C(=O)N(C)C)ccc1N1CCNCC1. The van der Waals surface area contributed by atoms with Crippen LogP contribution in [0.2, 0.25) is 0 Å². The quantitative estimate of drug-likeness (QED) is 0.907. The molecule has 132 valence electrons. The Morgan fingerprint density at radius 1 is 1.17 bits per heavy atom. The van der Waals surface area contributed by atoms with Crippen LogP contribution in [0.5, 0.6) is 0 Å². The standard InChI is InChI=1S/C14H21N3O.C4H10.CH4/c1-11-10-12(14(18)16(2)3)4-5-13(11)17-8-6-15-7-9-17;1-4(2)3;/h4-5,10,15H,6-9H2,1-3H3;4H,1-3H3;1H4. The molecule has 0 unspecified atom stereocenters. The highest BCUT2D eigenvalue weighted by atomic mass is 16.2. The zero-order valence-electron chi connectivity index (χ0n) is 14.9. The average Bonchev–Trinajstić information content (AvgIpc) is 2.46. The van der Waals surface area contributed by atoms with E-state index in [2.05, 4.69) is 44.0 Å². The molecule has 4 nitrogen and oxygen atoms in total. The van der Waals surface area contributed by atoms with E-state index in [0.29, 0.717) is 0 Å². The number of carbonyl (C=O) groups excluding carboxylic acids is 1. The van der Waals surface area contributed by atoms with Gasteiger partial charge in [-0.05, 0) is 36.6 Å². The summed E-state index contributed by atoms with van der Waals surface area (Å²) in [5, 5.41) is 3.35. The molecule has 0 spiro atoms. The highest BCUT2D eigenvalue weighted by Crippen LogP contribution is 2.22. The minimum Gasteiger partial charge on any atom is -0.369 e. The number of carbonyl (C=O) groups is 1. The number of rotatable bonds is 2. The molecule has 1 aromatic rings. The molecule has 0 radical (unpaired) electrons. The van der Waals surface area contributed by atoms with Crippen LogP contribution < -0.4 is 10.2 Å². The lowest BCUT2D eigenvalue weighted by Crippen LogP contribution is -2.43. The number of anilines is 1. The van der Waals surface area contributed by atoms with Gasteiger partial charge in [0.1, 0.15) is 0 Å². The molecule has 0 aliphatic carbocycles. The third-order valence-corrected chi connectivity index (χ3v) is 3.31. The maximum atomic E-state index is 11.9. The van der Waals surface area contributed by atoms with Crippen LogP contribution in [-0.2, 0) is 0 Å². The van der Waals surface area contributed by atoms with Gasteiger partial charge in [-0.25, -0.2) is 0 Å². The lowest BCUT2D eigenvalue weighted by molar-refractivity contribution is 0.0827. The molecule has 1 amide bonds. The number of aryl methyl sites for hydroxylation is 1. The summed E-state index contributed by atoms with van der Waals surface area (Å²) in [5.41, 5.74) is 3.17. The van der Waals surface area contributed by atoms with Crippen LogP contribution in [0, 0.1) is 12.8 Å². The molecule has 0 aromatic heterocycles. The van der Waals surface area contributed by atoms with Gasteiger partial charge in [-0.1, -0.05) is 28.2 Å². The van der Waals surface area contributed by atoms with Gasteiger partial charge in [-0.2, -0.15) is 0 Å². The molecule has 4 heteroatoms. The number of amides is 1. The first-order valence-corrected chi connectivity index (χ1v) is 8.11. The van der Waals surface area contributed by atoms with Crippen LogP contribution in [0.15, 0.2) is 18.2 Å². The normalized spacial score (nSPS) is 13.8. The molecular formula is C19H35N3O. The molecule has 0 saturated carbocycles. The smallest absolute Gasteiger partial charge is 0.253 e. The molecular weight excluding hydrogens is 286 g/mol. The first-order valence-electron chi connectivity index (χ1n) is 8.11. The molecule has 23 heavy (non-hydrogen) atoms. The monoisotopic (exact) mass is 321 g/mol. The molecule has 1 heterocycles. The van der Waals surface area contributed by atoms with Crippen molar-refractivity contribution in [1.82, 2.24) is 10.2 Å². The van der Waals surface area contributed by atoms with Gasteiger partial charge in [-0.15, -0.1) is 0 Å². The molecule has 2 rings (SSSR count). The van der Waals surface area contributed by atoms with Crippen LogP contribution in [0.3, 0.4) is 0 Å². The minimum atomic E-state index is 0. The number of nitrogens with zero attached hydrogens (tertiary/aromatic N) is 2. The summed E-state index contributed by atoms with van der Waals surface area (Å²) in [6.45, 7) is 12.7. The van der Waals surface area contributed by atoms with Gasteiger partial charge in [0, 0.05) is 51.5 Å². The molecule has 0 atom stereocenters. The van der Waals surface area contributed by atoms with E-state index >= 15 is 0 Å². The van der Waals surface area contributed by atoms with Gasteiger partial charge in [0.25, 0.3) is 5.91 Å². The Morgan fingerprint density at radius 2 is 1.70 bits per heavy atom. The first-order chi connectivity index (χ1) is 10.3. The van der Waals surface area contributed by atoms with Crippen LogP contribution in [0.1, 0.15) is 44.1 Å². The van der Waals surface area contributed by atoms with E-state index in [-0.39, 0.29) is 13.3 Å². The Kier molecular flexibility index (Phi) is 9.58. The fourth-order valence-electron chi connectivity index (χ4n) is 2.31. The number of hydrogen-bond acceptors (Lipinski definition) is 3. The Labute approximate surface area is 142 Å². The molecule has 1 N–H and O–H groups in total. The number of benzene rings is 1. The molecule has 1 aliphatic heterocycles. The van der Waals surface area contributed by atoms with Crippen LogP contribution in [-0.4, -0.2) is 51.1 Å². The molecule has 1 saturated heterocycles. The average molecular weight is 322 g/mol. The van der Waals surface area contributed by atoms with Gasteiger partial charge < -0.3 is 15.1 Å². The van der Waals surface area contributed by atoms with Gasteiger partial charge in [0.2, 0.25) is 0 Å². The second-order valence-electron chi connectivity index (χ2n) is 6.67. The minimum absolute atomic E-state index is 0. The van der Waals surface area contributed by atoms with E-state index in [0.717, 1.165) is 37.7 Å². The predicted molar refractivity (Wildman–Crippen MR) is 102 cm³/mol. The van der Waals surface area contributed by atoms with E-state index in [9.17, 15) is 4.79 Å². The van der Waals surface area contributed by atoms with Crippen LogP contribution >= 0.6 is 0 Å². The Hall–Kier alpha value is -1.55. The van der Waals surface area contributed by atoms with E-state index < -0.39 is 0 Å². The Morgan fingerprint density at radius 3 is 2.13 bits per heavy atom. The predicted octanol–water partition coefficient (Wildman–Crippen LogP) is 3.40. The van der Waals surface area contributed by atoms with Gasteiger partial charge in [0.15, 0.2) is 0 Å². The molecule has 1 aliphatic rings. The Balaban J connectivity index is 0.000000871. The second-order valence-corrected chi connectivity index (χ2v) is 6.67. The maximum Gasteiger partial charge on any atom is 0.253 e. The molecule has 0 bridgehead atoms. The third-order valence-electron chi connectivity index (χ3n) is 3.31. The summed E-state index contributed by atoms with van der Waals surface area (Å²) in [6.07, 6.45) is 0. The van der Waals surface area contributed by atoms with Crippen molar-refractivity contribution in [3.05, 3.63) is 29.3 Å². The zero-order chi connectivity index (χ0) is 16.7. The summed E-state index contributed by atoms with van der Waals surface area (Å²) in [4.78, 5) is 15.9. The first kappa shape index (κ1) is 21.4. The van der Waals surface area contributed by atoms with E-state index in [4.69, 9.17) is 0 Å². The fourth-order valence-corrected chi connectivity index (χ4v) is 2.31. The number of piperazine rings is 1. The highest BCUT2D eigenvalue weighted by molar-refractivity contribution is 5.94. The summed E-state index contributed by atoms with van der Waals surface area (Å²) < 4.78 is 0. The van der Waals surface area contributed by atoms with Crippen LogP contribution in [0.25, 0.3) is 0 Å². The summed E-state index contributed by atoms with van der Waals surface area (Å²) in [5.74, 6) is 0.893. The van der Waals surface area contributed by atoms with Gasteiger partial charge >= 0.3 is 0 Å². The van der Waals surface area contributed by atoms with Crippen molar-refractivity contribution in [3.63, 3.8) is 0 Å². The van der Waals surface area contributed by atoms with Gasteiger partial charge in [0.05, 0.1) is 0 Å². The summed E-state index contributed by atoms with van der Waals surface area (Å²) in [6, 6.07) is 5.98. The van der Waals surface area contributed by atoms with E-state index in [1.807, 2.05) is 12.1 Å². The second kappa shape index (κ2) is 10.3. The number of nitrogens with one attached hydrogen (secondary N) is 1. The lowest BCUT2D eigenvalue weighted by atomic mass is 10.1. The maximum absolute atomic E-state index is 11.9. The number of hydrogen-bond donors (Lipinski definition) is 1. The van der Waals surface area contributed by atoms with Gasteiger partial charge in [-0.3, -0.25) is 4.79 Å². The van der Waals surface area contributed by atoms with E-state index in [1.54, 1.807) is 19.0 Å². The largest absolute Gasteiger partial charge is 0.369 e. The summed E-state index contributed by atoms with van der Waals surface area (Å²) >= 11 is 0. The van der Waals surface area contributed by atoms with Crippen molar-refractivity contribution in [2.24, 2.45) is 5.92 Å². The fraction of sp³-hybridized carbons (Fsp3) is 0.632. The zero-order valence-corrected chi connectivity index (χ0v) is 14.9.